The molecule has 8 nitrogen and oxygen atoms in total. The summed E-state index contributed by atoms with van der Waals surface area (Å²) in [4.78, 5) is 50.3. The van der Waals surface area contributed by atoms with Gasteiger partial charge in [0.2, 0.25) is 0 Å². The molecule has 0 spiro atoms. The zero-order valence-electron chi connectivity index (χ0n) is 11.5. The van der Waals surface area contributed by atoms with Crippen LogP contribution in [-0.2, 0) is 29.0 Å². The Balaban J connectivity index is 3.85. The van der Waals surface area contributed by atoms with E-state index in [0.717, 1.165) is 0 Å². The highest BCUT2D eigenvalue weighted by Crippen LogP contribution is 2.14. The molecule has 0 aliphatic rings. The predicted octanol–water partition coefficient (Wildman–Crippen LogP) is 0.125. The normalized spacial score (nSPS) is 11.4. The molecule has 0 saturated heterocycles. The third kappa shape index (κ3) is 9.47. The van der Waals surface area contributed by atoms with E-state index in [1.807, 2.05) is 0 Å². The molecular formula is C10H10F6N2O6. The molecule has 0 bridgehead atoms. The van der Waals surface area contributed by atoms with E-state index in [0.29, 0.717) is 0 Å². The van der Waals surface area contributed by atoms with Gasteiger partial charge in [-0.05, 0) is 0 Å². The number of carbonyl (C=O) groups is 4. The molecule has 0 aliphatic heterocycles. The van der Waals surface area contributed by atoms with Crippen molar-refractivity contribution in [1.82, 2.24) is 10.6 Å². The van der Waals surface area contributed by atoms with E-state index in [1.54, 1.807) is 0 Å². The standard InChI is InChI=1S/C10H10F6N2O6/c11-9(12,13)7(21)17-3-1-5(19)23-24-6(20)2-4-18-8(22)10(14,15)16/h1-4H2,(H,17,21)(H,18,22). The number of halogens is 6. The molecule has 0 aromatic rings. The largest absolute Gasteiger partial charge is 0.471 e. The Morgan fingerprint density at radius 1 is 0.667 bits per heavy atom. The van der Waals surface area contributed by atoms with Gasteiger partial charge in [0.25, 0.3) is 0 Å². The van der Waals surface area contributed by atoms with E-state index in [2.05, 4.69) is 9.78 Å². The van der Waals surface area contributed by atoms with Gasteiger partial charge in [-0.1, -0.05) is 0 Å². The van der Waals surface area contributed by atoms with Crippen molar-refractivity contribution in [2.24, 2.45) is 0 Å². The lowest BCUT2D eigenvalue weighted by atomic mass is 10.4. The Morgan fingerprint density at radius 2 is 0.958 bits per heavy atom. The first-order valence-corrected chi connectivity index (χ1v) is 5.94. The van der Waals surface area contributed by atoms with Crippen LogP contribution in [0.3, 0.4) is 0 Å². The van der Waals surface area contributed by atoms with Gasteiger partial charge < -0.3 is 10.6 Å². The highest BCUT2D eigenvalue weighted by molar-refractivity contribution is 5.82. The van der Waals surface area contributed by atoms with E-state index in [9.17, 15) is 45.5 Å². The maximum Gasteiger partial charge on any atom is 0.471 e. The minimum absolute atomic E-state index is 0.754. The Labute approximate surface area is 129 Å². The molecular weight excluding hydrogens is 358 g/mol. The number of amides is 2. The second-order valence-electron chi connectivity index (χ2n) is 3.92. The van der Waals surface area contributed by atoms with Crippen molar-refractivity contribution < 1.29 is 55.3 Å². The molecule has 0 atom stereocenters. The second-order valence-corrected chi connectivity index (χ2v) is 3.92. The second kappa shape index (κ2) is 8.93. The molecule has 0 heterocycles. The zero-order valence-corrected chi connectivity index (χ0v) is 11.5. The zero-order chi connectivity index (χ0) is 19.0. The Kier molecular flexibility index (Phi) is 7.98. The van der Waals surface area contributed by atoms with Crippen molar-refractivity contribution in [1.29, 1.82) is 0 Å². The summed E-state index contributed by atoms with van der Waals surface area (Å²) in [5.74, 6) is -7.20. The number of hydrogen-bond donors (Lipinski definition) is 2. The average Bonchev–Trinajstić information content (AvgIpc) is 2.42. The van der Waals surface area contributed by atoms with Crippen LogP contribution in [0.2, 0.25) is 0 Å². The number of nitrogens with one attached hydrogen (secondary N) is 2. The molecule has 0 unspecified atom stereocenters. The Bertz CT molecular complexity index is 445. The Morgan fingerprint density at radius 3 is 1.21 bits per heavy atom. The van der Waals surface area contributed by atoms with Crippen LogP contribution in [0, 0.1) is 0 Å². The van der Waals surface area contributed by atoms with Crippen molar-refractivity contribution >= 4 is 23.8 Å². The molecule has 0 saturated carbocycles. The van der Waals surface area contributed by atoms with Gasteiger partial charge in [0, 0.05) is 13.1 Å². The maximum absolute atomic E-state index is 11.8. The lowest BCUT2D eigenvalue weighted by Crippen LogP contribution is -2.38. The maximum atomic E-state index is 11.8. The minimum atomic E-state index is -5.13. The molecule has 138 valence electrons. The van der Waals surface area contributed by atoms with Crippen LogP contribution in [0.5, 0.6) is 0 Å². The topological polar surface area (TPSA) is 111 Å². The van der Waals surface area contributed by atoms with Gasteiger partial charge in [-0.25, -0.2) is 19.4 Å². The van der Waals surface area contributed by atoms with Crippen LogP contribution in [-0.4, -0.2) is 49.2 Å². The number of carbonyl (C=O) groups excluding carboxylic acids is 4. The summed E-state index contributed by atoms with van der Waals surface area (Å²) >= 11 is 0. The first-order chi connectivity index (χ1) is 10.8. The molecule has 14 heteroatoms. The van der Waals surface area contributed by atoms with E-state index in [4.69, 9.17) is 0 Å². The quantitative estimate of drug-likeness (QED) is 0.392. The molecule has 24 heavy (non-hydrogen) atoms. The number of alkyl halides is 6. The predicted molar refractivity (Wildman–Crippen MR) is 59.5 cm³/mol. The number of rotatable bonds is 6. The first-order valence-electron chi connectivity index (χ1n) is 5.94. The molecule has 2 N–H and O–H groups in total. The van der Waals surface area contributed by atoms with Crippen LogP contribution in [0.1, 0.15) is 12.8 Å². The lowest BCUT2D eigenvalue weighted by Gasteiger charge is -2.08. The summed E-state index contributed by atoms with van der Waals surface area (Å²) in [5, 5.41) is 2.69. The van der Waals surface area contributed by atoms with E-state index >= 15 is 0 Å². The Hall–Kier alpha value is -2.54. The van der Waals surface area contributed by atoms with Gasteiger partial charge in [-0.3, -0.25) is 9.59 Å². The summed E-state index contributed by atoms with van der Waals surface area (Å²) in [6.07, 6.45) is -11.8. The third-order valence-corrected chi connectivity index (χ3v) is 1.97. The number of hydrogen-bond acceptors (Lipinski definition) is 6. The van der Waals surface area contributed by atoms with Crippen LogP contribution in [0.15, 0.2) is 0 Å². The van der Waals surface area contributed by atoms with Crippen molar-refractivity contribution in [3.05, 3.63) is 0 Å². The fraction of sp³-hybridized carbons (Fsp3) is 0.600. The van der Waals surface area contributed by atoms with Crippen LogP contribution < -0.4 is 10.6 Å². The molecule has 0 rings (SSSR count). The molecule has 0 radical (unpaired) electrons. The van der Waals surface area contributed by atoms with Crippen molar-refractivity contribution in [2.45, 2.75) is 25.2 Å². The van der Waals surface area contributed by atoms with Crippen molar-refractivity contribution in [3.63, 3.8) is 0 Å². The fourth-order valence-electron chi connectivity index (χ4n) is 0.933. The monoisotopic (exact) mass is 368 g/mol. The van der Waals surface area contributed by atoms with Crippen LogP contribution in [0.4, 0.5) is 26.3 Å². The summed E-state index contributed by atoms with van der Waals surface area (Å²) in [6, 6.07) is 0. The molecule has 0 aromatic heterocycles. The lowest BCUT2D eigenvalue weighted by molar-refractivity contribution is -0.258. The summed E-state index contributed by atoms with van der Waals surface area (Å²) in [7, 11) is 0. The first kappa shape index (κ1) is 21.5. The van der Waals surface area contributed by atoms with Gasteiger partial charge in [0.1, 0.15) is 0 Å². The van der Waals surface area contributed by atoms with Crippen LogP contribution >= 0.6 is 0 Å². The smallest absolute Gasteiger partial charge is 0.348 e. The molecule has 0 fully saturated rings. The summed E-state index contributed by atoms with van der Waals surface area (Å²) in [5.41, 5.74) is 0. The van der Waals surface area contributed by atoms with Crippen molar-refractivity contribution in [3.8, 4) is 0 Å². The van der Waals surface area contributed by atoms with Crippen molar-refractivity contribution in [2.75, 3.05) is 13.1 Å². The SMILES string of the molecule is O=C(CCNC(=O)C(F)(F)F)OOC(=O)CCNC(=O)C(F)(F)F. The van der Waals surface area contributed by atoms with E-state index in [-0.39, 0.29) is 0 Å². The van der Waals surface area contributed by atoms with Gasteiger partial charge in [-0.2, -0.15) is 26.3 Å². The molecule has 0 aliphatic carbocycles. The summed E-state index contributed by atoms with van der Waals surface area (Å²) in [6.45, 7) is -1.51. The summed E-state index contributed by atoms with van der Waals surface area (Å²) < 4.78 is 70.7. The minimum Gasteiger partial charge on any atom is -0.348 e. The fourth-order valence-corrected chi connectivity index (χ4v) is 0.933. The molecule has 0 aromatic carbocycles. The molecule has 2 amide bonds. The van der Waals surface area contributed by atoms with E-state index in [1.165, 1.54) is 10.6 Å². The van der Waals surface area contributed by atoms with E-state index < -0.39 is 62.0 Å². The van der Waals surface area contributed by atoms with Gasteiger partial charge in [0.05, 0.1) is 12.8 Å². The van der Waals surface area contributed by atoms with Gasteiger partial charge in [0.15, 0.2) is 0 Å². The van der Waals surface area contributed by atoms with Gasteiger partial charge in [-0.15, -0.1) is 0 Å². The highest BCUT2D eigenvalue weighted by Gasteiger charge is 2.39. The van der Waals surface area contributed by atoms with Crippen LogP contribution in [0.25, 0.3) is 0 Å². The highest BCUT2D eigenvalue weighted by atomic mass is 19.4. The van der Waals surface area contributed by atoms with Gasteiger partial charge >= 0.3 is 36.1 Å². The third-order valence-electron chi connectivity index (χ3n) is 1.97. The average molecular weight is 368 g/mol.